The van der Waals surface area contributed by atoms with Crippen molar-refractivity contribution in [1.82, 2.24) is 14.9 Å². The number of ether oxygens (including phenoxy) is 1. The van der Waals surface area contributed by atoms with Crippen molar-refractivity contribution in [3.8, 4) is 5.69 Å². The average Bonchev–Trinajstić information content (AvgIpc) is 3.19. The highest BCUT2D eigenvalue weighted by Crippen LogP contribution is 2.14. The molecule has 3 aromatic rings. The third-order valence-corrected chi connectivity index (χ3v) is 3.89. The number of amides is 1. The number of esters is 1. The second kappa shape index (κ2) is 7.45. The van der Waals surface area contributed by atoms with Crippen molar-refractivity contribution < 1.29 is 18.8 Å². The number of hydrogen-bond donors (Lipinski definition) is 1. The molecule has 0 unspecified atom stereocenters. The molecule has 0 spiro atoms. The van der Waals surface area contributed by atoms with Crippen LogP contribution < -0.4 is 5.32 Å². The fraction of sp³-hybridized carbons (Fsp3) is 0.263. The van der Waals surface area contributed by atoms with E-state index in [0.717, 1.165) is 17.1 Å². The molecule has 0 radical (unpaired) electrons. The Kier molecular flexibility index (Phi) is 5.07. The molecule has 0 bridgehead atoms. The van der Waals surface area contributed by atoms with Gasteiger partial charge in [0.05, 0.1) is 16.9 Å². The zero-order valence-corrected chi connectivity index (χ0v) is 15.5. The van der Waals surface area contributed by atoms with E-state index in [9.17, 15) is 9.59 Å². The Bertz CT molecular complexity index is 972. The van der Waals surface area contributed by atoms with E-state index < -0.39 is 18.0 Å². The Morgan fingerprint density at radius 1 is 1.15 bits per heavy atom. The molecule has 3 rings (SSSR count). The first-order chi connectivity index (χ1) is 12.8. The summed E-state index contributed by atoms with van der Waals surface area (Å²) in [6, 6.07) is 10.4. The van der Waals surface area contributed by atoms with Crippen molar-refractivity contribution in [3.05, 3.63) is 59.1 Å². The van der Waals surface area contributed by atoms with Crippen LogP contribution >= 0.6 is 0 Å². The largest absolute Gasteiger partial charge is 0.449 e. The van der Waals surface area contributed by atoms with Crippen LogP contribution in [0.4, 0.5) is 5.82 Å². The highest BCUT2D eigenvalue weighted by Gasteiger charge is 2.20. The van der Waals surface area contributed by atoms with E-state index in [1.54, 1.807) is 41.9 Å². The van der Waals surface area contributed by atoms with Gasteiger partial charge in [-0.1, -0.05) is 5.16 Å². The molecule has 140 valence electrons. The third kappa shape index (κ3) is 4.22. The molecule has 1 amide bonds. The van der Waals surface area contributed by atoms with Gasteiger partial charge < -0.3 is 14.6 Å². The van der Waals surface area contributed by atoms with Crippen molar-refractivity contribution in [1.29, 1.82) is 0 Å². The van der Waals surface area contributed by atoms with E-state index in [4.69, 9.17) is 9.26 Å². The topological polar surface area (TPSA) is 99.2 Å². The van der Waals surface area contributed by atoms with E-state index in [1.807, 2.05) is 19.9 Å². The smallest absolute Gasteiger partial charge is 0.338 e. The average molecular weight is 368 g/mol. The molecule has 1 aromatic carbocycles. The van der Waals surface area contributed by atoms with Crippen LogP contribution in [0.1, 0.15) is 34.4 Å². The predicted molar refractivity (Wildman–Crippen MR) is 97.8 cm³/mol. The van der Waals surface area contributed by atoms with Crippen LogP contribution in [-0.2, 0) is 9.53 Å². The molecule has 0 saturated carbocycles. The van der Waals surface area contributed by atoms with Crippen LogP contribution in [-0.4, -0.2) is 32.9 Å². The van der Waals surface area contributed by atoms with Crippen molar-refractivity contribution in [3.63, 3.8) is 0 Å². The molecular weight excluding hydrogens is 348 g/mol. The molecule has 1 N–H and O–H groups in total. The molecular formula is C19H20N4O4. The first-order valence-corrected chi connectivity index (χ1v) is 8.42. The van der Waals surface area contributed by atoms with Gasteiger partial charge in [-0.2, -0.15) is 5.10 Å². The van der Waals surface area contributed by atoms with Gasteiger partial charge in [-0.25, -0.2) is 9.48 Å². The lowest BCUT2D eigenvalue weighted by atomic mass is 10.2. The lowest BCUT2D eigenvalue weighted by Gasteiger charge is -2.12. The molecule has 0 aliphatic heterocycles. The Morgan fingerprint density at radius 2 is 1.85 bits per heavy atom. The summed E-state index contributed by atoms with van der Waals surface area (Å²) in [7, 11) is 0. The van der Waals surface area contributed by atoms with Crippen molar-refractivity contribution in [2.24, 2.45) is 0 Å². The summed E-state index contributed by atoms with van der Waals surface area (Å²) in [6.07, 6.45) is -0.981. The second-order valence-electron chi connectivity index (χ2n) is 6.25. The standard InChI is InChI=1S/C19H20N4O4/c1-11-9-12(2)23(21-11)16-7-5-15(6-8-16)19(25)26-14(4)18(24)20-17-10-13(3)27-22-17/h5-10,14H,1-4H3,(H,20,22,24)/t14-/m1/s1. The Balaban J connectivity index is 1.63. The van der Waals surface area contributed by atoms with Gasteiger partial charge in [0.25, 0.3) is 5.91 Å². The van der Waals surface area contributed by atoms with Crippen LogP contribution in [0, 0.1) is 20.8 Å². The number of nitrogens with one attached hydrogen (secondary N) is 1. The number of carbonyl (C=O) groups is 2. The maximum atomic E-state index is 12.3. The van der Waals surface area contributed by atoms with Gasteiger partial charge in [-0.3, -0.25) is 4.79 Å². The summed E-state index contributed by atoms with van der Waals surface area (Å²) >= 11 is 0. The number of benzene rings is 1. The molecule has 1 atom stereocenters. The Hall–Kier alpha value is -3.42. The molecule has 2 aromatic heterocycles. The maximum absolute atomic E-state index is 12.3. The van der Waals surface area contributed by atoms with Crippen LogP contribution in [0.25, 0.3) is 5.69 Å². The fourth-order valence-electron chi connectivity index (χ4n) is 2.56. The minimum atomic E-state index is -0.981. The molecule has 8 nitrogen and oxygen atoms in total. The molecule has 8 heteroatoms. The highest BCUT2D eigenvalue weighted by molar-refractivity contribution is 5.96. The van der Waals surface area contributed by atoms with Crippen LogP contribution in [0.15, 0.2) is 40.9 Å². The second-order valence-corrected chi connectivity index (χ2v) is 6.25. The molecule has 0 aliphatic rings. The third-order valence-electron chi connectivity index (χ3n) is 3.89. The van der Waals surface area contributed by atoms with Gasteiger partial charge in [0.1, 0.15) is 5.76 Å². The first kappa shape index (κ1) is 18.4. The lowest BCUT2D eigenvalue weighted by Crippen LogP contribution is -2.30. The van der Waals surface area contributed by atoms with E-state index in [0.29, 0.717) is 11.3 Å². The van der Waals surface area contributed by atoms with Crippen molar-refractivity contribution >= 4 is 17.7 Å². The zero-order chi connectivity index (χ0) is 19.6. The van der Waals surface area contributed by atoms with Gasteiger partial charge >= 0.3 is 5.97 Å². The van der Waals surface area contributed by atoms with Gasteiger partial charge in [0.15, 0.2) is 11.9 Å². The fourth-order valence-corrected chi connectivity index (χ4v) is 2.56. The van der Waals surface area contributed by atoms with Gasteiger partial charge in [-0.05, 0) is 58.0 Å². The predicted octanol–water partition coefficient (Wildman–Crippen LogP) is 2.97. The van der Waals surface area contributed by atoms with Crippen molar-refractivity contribution in [2.45, 2.75) is 33.8 Å². The number of aromatic nitrogens is 3. The van der Waals surface area contributed by atoms with E-state index >= 15 is 0 Å². The number of nitrogens with zero attached hydrogens (tertiary/aromatic N) is 3. The SMILES string of the molecule is Cc1cc(C)n(-c2ccc(C(=O)O[C@H](C)C(=O)Nc3cc(C)on3)cc2)n1. The summed E-state index contributed by atoms with van der Waals surface area (Å²) in [5.74, 6) is -0.239. The zero-order valence-electron chi connectivity index (χ0n) is 15.5. The minimum absolute atomic E-state index is 0.273. The molecule has 2 heterocycles. The van der Waals surface area contributed by atoms with Gasteiger partial charge in [0, 0.05) is 11.8 Å². The normalized spacial score (nSPS) is 11.9. The summed E-state index contributed by atoms with van der Waals surface area (Å²) in [5.41, 5.74) is 3.09. The number of carbonyl (C=O) groups excluding carboxylic acids is 2. The van der Waals surface area contributed by atoms with Crippen LogP contribution in [0.3, 0.4) is 0 Å². The number of hydrogen-bond acceptors (Lipinski definition) is 6. The van der Waals surface area contributed by atoms with Crippen molar-refractivity contribution in [2.75, 3.05) is 5.32 Å². The maximum Gasteiger partial charge on any atom is 0.338 e. The molecule has 0 fully saturated rings. The van der Waals surface area contributed by atoms with Gasteiger partial charge in [-0.15, -0.1) is 0 Å². The molecule has 0 aliphatic carbocycles. The van der Waals surface area contributed by atoms with E-state index in [1.165, 1.54) is 6.92 Å². The first-order valence-electron chi connectivity index (χ1n) is 8.42. The number of anilines is 1. The van der Waals surface area contributed by atoms with E-state index in [-0.39, 0.29) is 5.82 Å². The van der Waals surface area contributed by atoms with Gasteiger partial charge in [0.2, 0.25) is 0 Å². The van der Waals surface area contributed by atoms with Crippen LogP contribution in [0.2, 0.25) is 0 Å². The number of aryl methyl sites for hydroxylation is 3. The quantitative estimate of drug-likeness (QED) is 0.695. The molecule has 27 heavy (non-hydrogen) atoms. The summed E-state index contributed by atoms with van der Waals surface area (Å²) in [4.78, 5) is 24.4. The summed E-state index contributed by atoms with van der Waals surface area (Å²) < 4.78 is 11.9. The minimum Gasteiger partial charge on any atom is -0.449 e. The van der Waals surface area contributed by atoms with E-state index in [2.05, 4.69) is 15.6 Å². The van der Waals surface area contributed by atoms with Crippen LogP contribution in [0.5, 0.6) is 0 Å². The monoisotopic (exact) mass is 368 g/mol. The number of rotatable bonds is 5. The summed E-state index contributed by atoms with van der Waals surface area (Å²) in [5, 5.41) is 10.6. The summed E-state index contributed by atoms with van der Waals surface area (Å²) in [6.45, 7) is 7.08. The Labute approximate surface area is 156 Å². The highest BCUT2D eigenvalue weighted by atomic mass is 16.5. The Morgan fingerprint density at radius 3 is 2.41 bits per heavy atom. The lowest BCUT2D eigenvalue weighted by molar-refractivity contribution is -0.123. The molecule has 0 saturated heterocycles.